The lowest BCUT2D eigenvalue weighted by Crippen LogP contribution is -2.16. The molecule has 12 heterocycles. The van der Waals surface area contributed by atoms with Gasteiger partial charge in [0.2, 0.25) is 0 Å². The van der Waals surface area contributed by atoms with Crippen LogP contribution in [0.2, 0.25) is 0 Å². The third-order valence-electron chi connectivity index (χ3n) is 21.3. The Hall–Kier alpha value is -8.66. The number of benzene rings is 6. The van der Waals surface area contributed by atoms with Crippen molar-refractivity contribution in [1.82, 2.24) is 47.0 Å². The number of nitrogens with zero attached hydrogens (tertiary/aromatic N) is 10. The lowest BCUT2D eigenvalue weighted by atomic mass is 9.89. The second kappa shape index (κ2) is 27.2. The fraction of sp³-hybridized carbons (Fsp3) is 0.370. The fourth-order valence-corrected chi connectivity index (χ4v) is 21.6. The van der Waals surface area contributed by atoms with Crippen molar-refractivity contribution in [3.05, 3.63) is 203 Å². The van der Waals surface area contributed by atoms with Crippen molar-refractivity contribution in [3.8, 4) is 0 Å². The minimum absolute atomic E-state index is 0.0909. The van der Waals surface area contributed by atoms with Gasteiger partial charge in [0, 0.05) is 201 Å². The van der Waals surface area contributed by atoms with Gasteiger partial charge in [-0.25, -0.2) is 0 Å². The molecule has 106 heavy (non-hydrogen) atoms. The third-order valence-corrected chi connectivity index (χ3v) is 26.0. The molecule has 0 aliphatic heterocycles. The van der Waals surface area contributed by atoms with Gasteiger partial charge in [-0.05, 0) is 62.4 Å². The van der Waals surface area contributed by atoms with Crippen molar-refractivity contribution in [2.24, 2.45) is 56.4 Å². The van der Waals surface area contributed by atoms with Gasteiger partial charge in [0.25, 0.3) is 0 Å². The maximum Gasteiger partial charge on any atom is 0.163 e. The van der Waals surface area contributed by atoms with Crippen molar-refractivity contribution in [2.75, 3.05) is 0 Å². The summed E-state index contributed by atoms with van der Waals surface area (Å²) in [6, 6.07) is 56.6. The molecule has 14 heteroatoms. The van der Waals surface area contributed by atoms with Crippen LogP contribution in [0.25, 0.3) is 125 Å². The Morgan fingerprint density at radius 1 is 0.283 bits per heavy atom. The summed E-state index contributed by atoms with van der Waals surface area (Å²) in [5, 5.41) is 24.4. The molecule has 0 saturated heterocycles. The van der Waals surface area contributed by atoms with Crippen molar-refractivity contribution in [1.29, 1.82) is 0 Å². The SMILES string of the molecule is Cc1c2c(c(C(C)(C)C)n1C)c1ccccc1n2C.Cc1c2sc3ccccc3c2c(C(C)(C)C)n1C.Cn1c(C(C)(C)C)cc2c3ccccc3sc21.Cn1c(C(C)(C)C)cc2sc3ccccc3c21.Cn1nc2c(c1C(C)(C)C)c1ccccc1n2C.Cn1nc2sc3ccccc3c2c1C(C)(C)C. The summed E-state index contributed by atoms with van der Waals surface area (Å²) < 4.78 is 26.3. The third kappa shape index (κ3) is 13.2. The average Bonchev–Trinajstić information content (AvgIpc) is 1.58. The Bertz CT molecular complexity index is 6320. The predicted octanol–water partition coefficient (Wildman–Crippen LogP) is 26.1. The second-order valence-electron chi connectivity index (χ2n) is 35.4. The molecule has 0 aliphatic carbocycles. The number of hydrogen-bond acceptors (Lipinski definition) is 6. The zero-order valence-corrected chi connectivity index (χ0v) is 71.4. The molecule has 6 aromatic carbocycles. The van der Waals surface area contributed by atoms with E-state index in [9.17, 15) is 0 Å². The molecule has 0 N–H and O–H groups in total. The molecule has 0 radical (unpaired) electrons. The molecule has 0 bridgehead atoms. The van der Waals surface area contributed by atoms with E-state index >= 15 is 0 Å². The summed E-state index contributed by atoms with van der Waals surface area (Å²) >= 11 is 7.48. The topological polar surface area (TPSA) is 65.2 Å². The maximum atomic E-state index is 4.70. The highest BCUT2D eigenvalue weighted by molar-refractivity contribution is 7.27. The second-order valence-corrected chi connectivity index (χ2v) is 39.6. The lowest BCUT2D eigenvalue weighted by Gasteiger charge is -2.21. The highest BCUT2D eigenvalue weighted by atomic mass is 32.1. The number of aryl methyl sites for hydroxylation is 8. The summed E-state index contributed by atoms with van der Waals surface area (Å²) in [7, 11) is 17.1. The van der Waals surface area contributed by atoms with E-state index in [0.29, 0.717) is 0 Å². The minimum atomic E-state index is 0.0909. The van der Waals surface area contributed by atoms with E-state index in [0.717, 1.165) is 10.5 Å². The highest BCUT2D eigenvalue weighted by Crippen LogP contribution is 2.46. The first kappa shape index (κ1) is 75.6. The zero-order valence-electron chi connectivity index (χ0n) is 68.1. The molecular formula is C92H110N10S4. The molecule has 0 spiro atoms. The van der Waals surface area contributed by atoms with Gasteiger partial charge in [0.05, 0.1) is 42.7 Å². The predicted molar refractivity (Wildman–Crippen MR) is 469 cm³/mol. The van der Waals surface area contributed by atoms with E-state index in [1.807, 2.05) is 57.5 Å². The molecule has 10 nitrogen and oxygen atoms in total. The van der Waals surface area contributed by atoms with E-state index in [2.05, 4.69) is 371 Å². The highest BCUT2D eigenvalue weighted by Gasteiger charge is 2.31. The molecule has 0 atom stereocenters. The minimum Gasteiger partial charge on any atom is -0.349 e. The number of rotatable bonds is 0. The number of thiophene rings is 4. The van der Waals surface area contributed by atoms with E-state index in [4.69, 9.17) is 5.10 Å². The summed E-state index contributed by atoms with van der Waals surface area (Å²) in [6.07, 6.45) is 0. The standard InChI is InChI=1S/C17H22N2.C16H19NS.C15H19N3.2C15H17NS.C14H16N2S/c1-11-15-14(16(18(11)5)17(2,3)4)12-9-7-8-10-13(12)19(15)6;1-10-14-13(15(17(10)5)16(2,3)4)11-8-6-7-9-12(11)18-14;1-15(2,3)13-12-10-8-6-7-9-11(10)17(4)14(12)16-18(13)5;1-15(2,3)13-9-11-10-7-5-6-8-12(10)17-14(11)16(13)4;1-15(2,3)13-9-12-14(16(13)4)10-7-5-6-8-11(10)17-12;1-14(2,3)12-11-9-7-5-6-8-10(9)17-13(11)15-16(12)4/h7-10H,1-6H3;2*6-9H,1-5H3;2*5-9H,1-4H3;5-8H,1-4H3. The van der Waals surface area contributed by atoms with Gasteiger partial charge in [0.1, 0.15) is 9.66 Å². The zero-order chi connectivity index (χ0) is 76.7. The Morgan fingerprint density at radius 2 is 0.689 bits per heavy atom. The Kier molecular flexibility index (Phi) is 19.4. The van der Waals surface area contributed by atoms with E-state index in [1.165, 1.54) is 160 Å². The Balaban J connectivity index is 0.000000113. The van der Waals surface area contributed by atoms with Crippen molar-refractivity contribution in [2.45, 2.75) is 171 Å². The monoisotopic (exact) mass is 1480 g/mol. The van der Waals surface area contributed by atoms with Gasteiger partial charge >= 0.3 is 0 Å². The van der Waals surface area contributed by atoms with Gasteiger partial charge < -0.3 is 27.4 Å². The van der Waals surface area contributed by atoms with Crippen LogP contribution < -0.4 is 0 Å². The molecule has 0 unspecified atom stereocenters. The smallest absolute Gasteiger partial charge is 0.163 e. The van der Waals surface area contributed by atoms with Gasteiger partial charge in [-0.15, -0.1) is 45.3 Å². The molecule has 12 aromatic heterocycles. The van der Waals surface area contributed by atoms with E-state index in [-0.39, 0.29) is 32.5 Å². The molecule has 0 amide bonds. The molecule has 0 aliphatic rings. The molecule has 18 rings (SSSR count). The van der Waals surface area contributed by atoms with Crippen LogP contribution in [-0.2, 0) is 88.9 Å². The number of fused-ring (bicyclic) bond motifs is 18. The van der Waals surface area contributed by atoms with Crippen molar-refractivity contribution < 1.29 is 0 Å². The molecular weight excluding hydrogens is 1370 g/mol. The molecule has 18 aromatic rings. The first-order valence-electron chi connectivity index (χ1n) is 37.3. The van der Waals surface area contributed by atoms with Crippen LogP contribution in [0.4, 0.5) is 0 Å². The van der Waals surface area contributed by atoms with Gasteiger partial charge in [-0.2, -0.15) is 10.2 Å². The van der Waals surface area contributed by atoms with E-state index < -0.39 is 0 Å². The van der Waals surface area contributed by atoms with Gasteiger partial charge in [-0.3, -0.25) is 9.36 Å². The normalized spacial score (nSPS) is 12.7. The lowest BCUT2D eigenvalue weighted by molar-refractivity contribution is 0.527. The first-order valence-corrected chi connectivity index (χ1v) is 40.6. The molecule has 552 valence electrons. The van der Waals surface area contributed by atoms with Gasteiger partial charge in [0.15, 0.2) is 5.65 Å². The fourth-order valence-electron chi connectivity index (χ4n) is 16.9. The van der Waals surface area contributed by atoms with Crippen LogP contribution in [0.3, 0.4) is 0 Å². The summed E-state index contributed by atoms with van der Waals surface area (Å²) in [4.78, 5) is 2.54. The maximum absolute atomic E-state index is 4.70. The summed E-state index contributed by atoms with van der Waals surface area (Å²) in [5.41, 5.74) is 18.4. The van der Waals surface area contributed by atoms with Crippen molar-refractivity contribution >= 4 is 170 Å². The summed E-state index contributed by atoms with van der Waals surface area (Å²) in [6.45, 7) is 45.3. The largest absolute Gasteiger partial charge is 0.349 e. The summed E-state index contributed by atoms with van der Waals surface area (Å²) in [5.74, 6) is 0. The van der Waals surface area contributed by atoms with Crippen LogP contribution in [0, 0.1) is 13.8 Å². The number of aromatic nitrogens is 10. The quantitative estimate of drug-likeness (QED) is 0.152. The number of hydrogen-bond donors (Lipinski definition) is 0. The number of para-hydroxylation sites is 2. The van der Waals surface area contributed by atoms with Gasteiger partial charge in [-0.1, -0.05) is 234 Å². The Morgan fingerprint density at radius 3 is 1.23 bits per heavy atom. The van der Waals surface area contributed by atoms with Crippen LogP contribution in [-0.4, -0.2) is 47.0 Å². The van der Waals surface area contributed by atoms with Crippen molar-refractivity contribution in [3.63, 3.8) is 0 Å². The van der Waals surface area contributed by atoms with Crippen LogP contribution in [0.15, 0.2) is 158 Å². The molecule has 0 saturated carbocycles. The van der Waals surface area contributed by atoms with Crippen LogP contribution in [0.5, 0.6) is 0 Å². The Labute approximate surface area is 643 Å². The van der Waals surface area contributed by atoms with E-state index in [1.54, 1.807) is 11.3 Å². The molecule has 0 fully saturated rings. The first-order chi connectivity index (χ1) is 49.6. The van der Waals surface area contributed by atoms with Crippen LogP contribution in [0.1, 0.15) is 170 Å². The average molecular weight is 1480 g/mol. The van der Waals surface area contributed by atoms with Crippen LogP contribution >= 0.6 is 45.3 Å².